The summed E-state index contributed by atoms with van der Waals surface area (Å²) in [5.74, 6) is -0.834. The number of benzene rings is 2. The Labute approximate surface area is 201 Å². The van der Waals surface area contributed by atoms with Gasteiger partial charge in [0.2, 0.25) is 11.8 Å². The molecule has 8 nitrogen and oxygen atoms in total. The average Bonchev–Trinajstić information content (AvgIpc) is 2.76. The number of hydrogen-bond acceptors (Lipinski definition) is 5. The molecule has 3 amide bonds. The summed E-state index contributed by atoms with van der Waals surface area (Å²) >= 11 is 0. The summed E-state index contributed by atoms with van der Waals surface area (Å²) in [5, 5.41) is 15.5. The Balaban J connectivity index is 2.30. The van der Waals surface area contributed by atoms with Crippen molar-refractivity contribution in [1.29, 1.82) is 0 Å². The molecule has 0 aliphatic carbocycles. The summed E-state index contributed by atoms with van der Waals surface area (Å²) in [6.45, 7) is 9.21. The van der Waals surface area contributed by atoms with Crippen molar-refractivity contribution < 1.29 is 24.2 Å². The topological polar surface area (TPSA) is 108 Å². The maximum atomic E-state index is 13.4. The van der Waals surface area contributed by atoms with Gasteiger partial charge < -0.3 is 25.4 Å². The van der Waals surface area contributed by atoms with Crippen molar-refractivity contribution in [2.24, 2.45) is 0 Å². The summed E-state index contributed by atoms with van der Waals surface area (Å²) in [7, 11) is 0. The molecule has 0 heterocycles. The molecular weight excluding hydrogens is 434 g/mol. The Bertz CT molecular complexity index is 972. The normalized spacial score (nSPS) is 12.9. The van der Waals surface area contributed by atoms with Crippen LogP contribution in [0.25, 0.3) is 0 Å². The van der Waals surface area contributed by atoms with E-state index in [2.05, 4.69) is 10.6 Å². The number of amides is 3. The molecule has 0 saturated carbocycles. The van der Waals surface area contributed by atoms with Crippen LogP contribution in [0.1, 0.15) is 58.2 Å². The molecule has 184 valence electrons. The number of rotatable bonds is 9. The molecule has 0 aromatic heterocycles. The maximum Gasteiger partial charge on any atom is 0.408 e. The van der Waals surface area contributed by atoms with Crippen molar-refractivity contribution in [3.63, 3.8) is 0 Å². The zero-order valence-corrected chi connectivity index (χ0v) is 20.5. The van der Waals surface area contributed by atoms with Crippen LogP contribution in [0.3, 0.4) is 0 Å². The van der Waals surface area contributed by atoms with E-state index in [0.717, 1.165) is 5.56 Å². The van der Waals surface area contributed by atoms with Gasteiger partial charge in [-0.2, -0.15) is 0 Å². The van der Waals surface area contributed by atoms with Crippen molar-refractivity contribution >= 4 is 17.9 Å². The number of hydrogen-bond donors (Lipinski definition) is 3. The van der Waals surface area contributed by atoms with Crippen LogP contribution in [0.5, 0.6) is 5.75 Å². The molecule has 2 aromatic rings. The first-order valence-electron chi connectivity index (χ1n) is 11.4. The third-order valence-corrected chi connectivity index (χ3v) is 4.91. The number of carbonyl (C=O) groups excluding carboxylic acids is 3. The lowest BCUT2D eigenvalue weighted by Crippen LogP contribution is -2.52. The molecular formula is C26H35N3O5. The highest BCUT2D eigenvalue weighted by molar-refractivity contribution is 5.92. The van der Waals surface area contributed by atoms with E-state index in [1.54, 1.807) is 39.8 Å². The molecule has 0 radical (unpaired) electrons. The van der Waals surface area contributed by atoms with Gasteiger partial charge >= 0.3 is 6.09 Å². The molecule has 3 N–H and O–H groups in total. The minimum atomic E-state index is -0.994. The fourth-order valence-electron chi connectivity index (χ4n) is 3.45. The van der Waals surface area contributed by atoms with Gasteiger partial charge in [-0.15, -0.1) is 0 Å². The minimum Gasteiger partial charge on any atom is -0.508 e. The molecule has 2 unspecified atom stereocenters. The van der Waals surface area contributed by atoms with Gasteiger partial charge in [0.15, 0.2) is 0 Å². The average molecular weight is 470 g/mol. The lowest BCUT2D eigenvalue weighted by atomic mass is 10.0. The van der Waals surface area contributed by atoms with Crippen molar-refractivity contribution in [2.75, 3.05) is 6.54 Å². The molecule has 2 rings (SSSR count). The lowest BCUT2D eigenvalue weighted by Gasteiger charge is -2.33. The Hall–Kier alpha value is -3.55. The number of alkyl carbamates (subject to hydrolysis) is 1. The number of phenolic OH excluding ortho intramolecular Hbond substituents is 1. The third-order valence-electron chi connectivity index (χ3n) is 4.91. The largest absolute Gasteiger partial charge is 0.508 e. The first kappa shape index (κ1) is 26.7. The summed E-state index contributed by atoms with van der Waals surface area (Å²) in [6, 6.07) is 13.8. The van der Waals surface area contributed by atoms with E-state index in [1.165, 1.54) is 17.0 Å². The van der Waals surface area contributed by atoms with Crippen LogP contribution in [0, 0.1) is 0 Å². The summed E-state index contributed by atoms with van der Waals surface area (Å²) in [5.41, 5.74) is 0.674. The van der Waals surface area contributed by atoms with Crippen LogP contribution in [0.15, 0.2) is 54.6 Å². The predicted molar refractivity (Wildman–Crippen MR) is 130 cm³/mol. The van der Waals surface area contributed by atoms with Crippen LogP contribution >= 0.6 is 0 Å². The van der Waals surface area contributed by atoms with E-state index in [4.69, 9.17) is 4.74 Å². The van der Waals surface area contributed by atoms with Gasteiger partial charge in [0.25, 0.3) is 0 Å². The molecule has 34 heavy (non-hydrogen) atoms. The van der Waals surface area contributed by atoms with Gasteiger partial charge in [-0.1, -0.05) is 49.4 Å². The van der Waals surface area contributed by atoms with E-state index < -0.39 is 29.7 Å². The maximum absolute atomic E-state index is 13.4. The SMILES string of the molecule is CCCN(C(=O)C(C)NC(=O)OC(C)(C)C)C(C(=O)NCc1ccccc1)c1cccc(O)c1. The van der Waals surface area contributed by atoms with Crippen LogP contribution in [0.4, 0.5) is 4.79 Å². The first-order valence-corrected chi connectivity index (χ1v) is 11.4. The molecule has 0 fully saturated rings. The molecule has 0 aliphatic heterocycles. The molecule has 0 aliphatic rings. The molecule has 8 heteroatoms. The van der Waals surface area contributed by atoms with E-state index >= 15 is 0 Å². The Kier molecular flexibility index (Phi) is 9.47. The Morgan fingerprint density at radius 3 is 2.32 bits per heavy atom. The van der Waals surface area contributed by atoms with Gasteiger partial charge in [-0.3, -0.25) is 9.59 Å². The van der Waals surface area contributed by atoms with Crippen LogP contribution in [-0.4, -0.2) is 46.1 Å². The quantitative estimate of drug-likeness (QED) is 0.516. The Morgan fingerprint density at radius 2 is 1.74 bits per heavy atom. The zero-order chi connectivity index (χ0) is 25.3. The standard InChI is InChI=1S/C26H35N3O5/c1-6-15-29(24(32)18(2)28-25(33)34-26(3,4)5)22(20-13-10-14-21(30)16-20)23(31)27-17-19-11-8-7-9-12-19/h7-14,16,18,22,30H,6,15,17H2,1-5H3,(H,27,31)(H,28,33). The zero-order valence-electron chi connectivity index (χ0n) is 20.5. The smallest absolute Gasteiger partial charge is 0.408 e. The summed E-state index contributed by atoms with van der Waals surface area (Å²) in [6.07, 6.45) is -0.126. The highest BCUT2D eigenvalue weighted by atomic mass is 16.6. The second-order valence-electron chi connectivity index (χ2n) is 9.10. The highest BCUT2D eigenvalue weighted by Gasteiger charge is 2.34. The van der Waals surface area contributed by atoms with Gasteiger partial charge in [0.1, 0.15) is 23.4 Å². The number of phenols is 1. The molecule has 0 saturated heterocycles. The third kappa shape index (κ3) is 8.10. The van der Waals surface area contributed by atoms with Gasteiger partial charge in [-0.05, 0) is 57.4 Å². The van der Waals surface area contributed by atoms with E-state index in [-0.39, 0.29) is 24.7 Å². The minimum absolute atomic E-state index is 0.0119. The molecule has 2 aromatic carbocycles. The number of nitrogens with one attached hydrogen (secondary N) is 2. The lowest BCUT2D eigenvalue weighted by molar-refractivity contribution is -0.142. The predicted octanol–water partition coefficient (Wildman–Crippen LogP) is 3.90. The van der Waals surface area contributed by atoms with Crippen LogP contribution in [0.2, 0.25) is 0 Å². The van der Waals surface area contributed by atoms with Crippen LogP contribution in [-0.2, 0) is 20.9 Å². The summed E-state index contributed by atoms with van der Waals surface area (Å²) in [4.78, 5) is 40.5. The number of carbonyl (C=O) groups is 3. The van der Waals surface area contributed by atoms with Crippen molar-refractivity contribution in [3.05, 3.63) is 65.7 Å². The second kappa shape index (κ2) is 12.1. The van der Waals surface area contributed by atoms with Crippen molar-refractivity contribution in [3.8, 4) is 5.75 Å². The number of aromatic hydroxyl groups is 1. The monoisotopic (exact) mass is 469 g/mol. The molecule has 0 spiro atoms. The van der Waals surface area contributed by atoms with Gasteiger partial charge in [-0.25, -0.2) is 4.79 Å². The molecule has 0 bridgehead atoms. The van der Waals surface area contributed by atoms with E-state index in [0.29, 0.717) is 12.0 Å². The number of nitrogens with zero attached hydrogens (tertiary/aromatic N) is 1. The van der Waals surface area contributed by atoms with Crippen LogP contribution < -0.4 is 10.6 Å². The van der Waals surface area contributed by atoms with E-state index in [1.807, 2.05) is 37.3 Å². The molecule has 2 atom stereocenters. The van der Waals surface area contributed by atoms with Gasteiger partial charge in [0.05, 0.1) is 0 Å². The number of ether oxygens (including phenoxy) is 1. The fourth-order valence-corrected chi connectivity index (χ4v) is 3.45. The van der Waals surface area contributed by atoms with Gasteiger partial charge in [0, 0.05) is 13.1 Å². The first-order chi connectivity index (χ1) is 16.0. The van der Waals surface area contributed by atoms with Crippen molar-refractivity contribution in [1.82, 2.24) is 15.5 Å². The fraction of sp³-hybridized carbons (Fsp3) is 0.423. The van der Waals surface area contributed by atoms with Crippen molar-refractivity contribution in [2.45, 2.75) is 65.3 Å². The highest BCUT2D eigenvalue weighted by Crippen LogP contribution is 2.26. The Morgan fingerprint density at radius 1 is 1.06 bits per heavy atom. The van der Waals surface area contributed by atoms with E-state index in [9.17, 15) is 19.5 Å². The summed E-state index contributed by atoms with van der Waals surface area (Å²) < 4.78 is 5.26. The second-order valence-corrected chi connectivity index (χ2v) is 9.10.